The molecule has 36 heavy (non-hydrogen) atoms. The molecule has 4 aromatic carbocycles. The second kappa shape index (κ2) is 7.53. The Bertz CT molecular complexity index is 1570. The largest absolute Gasteiger partial charge is 0.268 e. The second-order valence-electron chi connectivity index (χ2n) is 8.35. The molecule has 0 aliphatic carbocycles. The molecule has 0 saturated carbocycles. The van der Waals surface area contributed by atoms with Gasteiger partial charge in [0.1, 0.15) is 0 Å². The van der Waals surface area contributed by atoms with Crippen LogP contribution in [0.1, 0.15) is 52.6 Å². The van der Waals surface area contributed by atoms with Crippen LogP contribution in [0, 0.1) is 24.7 Å². The van der Waals surface area contributed by atoms with Gasteiger partial charge < -0.3 is 0 Å². The summed E-state index contributed by atoms with van der Waals surface area (Å²) in [6, 6.07) is 19.1. The number of terminal acetylenes is 2. The van der Waals surface area contributed by atoms with E-state index in [1.54, 1.807) is 48.5 Å². The van der Waals surface area contributed by atoms with Crippen LogP contribution in [-0.2, 0) is 0 Å². The van der Waals surface area contributed by atoms with Crippen molar-refractivity contribution in [3.05, 3.63) is 106 Å². The molecule has 4 amide bonds. The van der Waals surface area contributed by atoms with E-state index in [1.165, 1.54) is 24.3 Å². The first-order valence-corrected chi connectivity index (χ1v) is 10.9. The number of imide groups is 2. The van der Waals surface area contributed by atoms with Crippen LogP contribution in [0.25, 0.3) is 10.8 Å². The maximum absolute atomic E-state index is 13.5. The minimum Gasteiger partial charge on any atom is -0.268 e. The Hall–Kier alpha value is -5.46. The third-order valence-corrected chi connectivity index (χ3v) is 6.48. The van der Waals surface area contributed by atoms with Crippen LogP contribution in [-0.4, -0.2) is 23.6 Å². The summed E-state index contributed by atoms with van der Waals surface area (Å²) in [5.74, 6) is 2.82. The zero-order valence-corrected chi connectivity index (χ0v) is 18.6. The van der Waals surface area contributed by atoms with Crippen molar-refractivity contribution in [3.63, 3.8) is 0 Å². The average molecular weight is 466 g/mol. The first kappa shape index (κ1) is 21.1. The van der Waals surface area contributed by atoms with Crippen LogP contribution < -0.4 is 9.80 Å². The summed E-state index contributed by atoms with van der Waals surface area (Å²) in [6.45, 7) is 0. The third kappa shape index (κ3) is 2.76. The van der Waals surface area contributed by atoms with Crippen molar-refractivity contribution in [3.8, 4) is 24.7 Å². The van der Waals surface area contributed by atoms with Crippen LogP contribution in [0.3, 0.4) is 0 Å². The molecule has 168 valence electrons. The first-order chi connectivity index (χ1) is 17.4. The van der Waals surface area contributed by atoms with Gasteiger partial charge in [0.15, 0.2) is 0 Å². The Morgan fingerprint density at radius 2 is 0.722 bits per heavy atom. The molecule has 0 N–H and O–H groups in total. The Morgan fingerprint density at radius 1 is 0.444 bits per heavy atom. The molecule has 2 aliphatic rings. The highest BCUT2D eigenvalue weighted by Gasteiger charge is 2.40. The van der Waals surface area contributed by atoms with E-state index in [1.807, 2.05) is 0 Å². The molecule has 0 spiro atoms. The molecule has 0 unspecified atom stereocenters. The van der Waals surface area contributed by atoms with Crippen molar-refractivity contribution in [2.24, 2.45) is 0 Å². The molecule has 0 radical (unpaired) electrons. The summed E-state index contributed by atoms with van der Waals surface area (Å²) in [7, 11) is 0. The SMILES string of the molecule is C#Cc1ccc(N2C(=O)c3ccc4c5c(ccc(c35)C2=O)C(=O)N(c2ccc(C#C)cc2)C4=O)cc1. The predicted octanol–water partition coefficient (Wildman–Crippen LogP) is 4.40. The number of rotatable bonds is 2. The van der Waals surface area contributed by atoms with Crippen molar-refractivity contribution in [2.45, 2.75) is 0 Å². The molecule has 6 heteroatoms. The van der Waals surface area contributed by atoms with Crippen molar-refractivity contribution in [1.29, 1.82) is 0 Å². The molecule has 0 bridgehead atoms. The lowest BCUT2D eigenvalue weighted by molar-refractivity contribution is 0.0873. The highest BCUT2D eigenvalue weighted by atomic mass is 16.2. The third-order valence-electron chi connectivity index (χ3n) is 6.48. The second-order valence-corrected chi connectivity index (χ2v) is 8.35. The van der Waals surface area contributed by atoms with Crippen molar-refractivity contribution < 1.29 is 19.2 Å². The van der Waals surface area contributed by atoms with Gasteiger partial charge >= 0.3 is 0 Å². The van der Waals surface area contributed by atoms with E-state index in [-0.39, 0.29) is 22.3 Å². The zero-order valence-electron chi connectivity index (χ0n) is 18.6. The molecular formula is C30H14N2O4. The molecule has 2 heterocycles. The maximum atomic E-state index is 13.5. The Kier molecular flexibility index (Phi) is 4.41. The number of carbonyl (C=O) groups is 4. The monoisotopic (exact) mass is 466 g/mol. The molecule has 0 atom stereocenters. The van der Waals surface area contributed by atoms with Crippen molar-refractivity contribution in [2.75, 3.05) is 9.80 Å². The number of carbonyl (C=O) groups excluding carboxylic acids is 4. The lowest BCUT2D eigenvalue weighted by atomic mass is 9.85. The summed E-state index contributed by atoms with van der Waals surface area (Å²) >= 11 is 0. The summed E-state index contributed by atoms with van der Waals surface area (Å²) in [6.07, 6.45) is 10.8. The summed E-state index contributed by atoms with van der Waals surface area (Å²) < 4.78 is 0. The van der Waals surface area contributed by atoms with E-state index in [0.717, 1.165) is 9.80 Å². The van der Waals surface area contributed by atoms with Gasteiger partial charge in [-0.2, -0.15) is 0 Å². The number of hydrogen-bond donors (Lipinski definition) is 0. The standard InChI is InChI=1S/C30H14N2O4/c1-3-17-5-9-19(10-6-17)31-27(33)21-13-15-23-26-24(16-14-22(25(21)26)28(31)34)30(36)32(29(23)35)20-11-7-18(4-2)8-12-20/h1-2,5-16H. The van der Waals surface area contributed by atoms with E-state index < -0.39 is 23.6 Å². The van der Waals surface area contributed by atoms with Crippen molar-refractivity contribution in [1.82, 2.24) is 0 Å². The topological polar surface area (TPSA) is 74.8 Å². The number of benzene rings is 4. The number of hydrogen-bond acceptors (Lipinski definition) is 4. The number of nitrogens with zero attached hydrogens (tertiary/aromatic N) is 2. The molecule has 4 aromatic rings. The molecule has 6 nitrogen and oxygen atoms in total. The average Bonchev–Trinajstić information content (AvgIpc) is 2.91. The van der Waals surface area contributed by atoms with Gasteiger partial charge in [-0.3, -0.25) is 19.2 Å². The smallest absolute Gasteiger partial charge is 0.265 e. The van der Waals surface area contributed by atoms with Gasteiger partial charge in [0.05, 0.1) is 11.4 Å². The van der Waals surface area contributed by atoms with E-state index in [9.17, 15) is 19.2 Å². The molecule has 0 saturated heterocycles. The Morgan fingerprint density at radius 3 is 0.972 bits per heavy atom. The zero-order chi connectivity index (χ0) is 25.1. The Balaban J connectivity index is 1.52. The quantitative estimate of drug-likeness (QED) is 0.324. The minimum atomic E-state index is -0.545. The van der Waals surface area contributed by atoms with E-state index in [0.29, 0.717) is 33.3 Å². The molecule has 0 aromatic heterocycles. The van der Waals surface area contributed by atoms with E-state index >= 15 is 0 Å². The normalized spacial score (nSPS) is 14.2. The molecule has 6 rings (SSSR count). The molecule has 0 fully saturated rings. The van der Waals surface area contributed by atoms with Gasteiger partial charge in [0.2, 0.25) is 0 Å². The molecular weight excluding hydrogens is 452 g/mol. The van der Waals surface area contributed by atoms with Gasteiger partial charge in [-0.15, -0.1) is 12.8 Å². The fourth-order valence-corrected chi connectivity index (χ4v) is 4.76. The number of amides is 4. The first-order valence-electron chi connectivity index (χ1n) is 10.9. The number of anilines is 2. The maximum Gasteiger partial charge on any atom is 0.265 e. The van der Waals surface area contributed by atoms with Crippen LogP contribution in [0.5, 0.6) is 0 Å². The van der Waals surface area contributed by atoms with Gasteiger partial charge in [0, 0.05) is 44.2 Å². The van der Waals surface area contributed by atoms with Crippen LogP contribution >= 0.6 is 0 Å². The van der Waals surface area contributed by atoms with Crippen LogP contribution in [0.15, 0.2) is 72.8 Å². The lowest BCUT2D eigenvalue weighted by Gasteiger charge is -2.32. The van der Waals surface area contributed by atoms with E-state index in [4.69, 9.17) is 12.8 Å². The highest BCUT2D eigenvalue weighted by molar-refractivity contribution is 6.42. The van der Waals surface area contributed by atoms with Crippen LogP contribution in [0.2, 0.25) is 0 Å². The minimum absolute atomic E-state index is 0.235. The van der Waals surface area contributed by atoms with Gasteiger partial charge in [-0.25, -0.2) is 9.80 Å². The van der Waals surface area contributed by atoms with E-state index in [2.05, 4.69) is 11.8 Å². The summed E-state index contributed by atoms with van der Waals surface area (Å²) in [5, 5.41) is 0.612. The van der Waals surface area contributed by atoms with Crippen LogP contribution in [0.4, 0.5) is 11.4 Å². The fraction of sp³-hybridized carbons (Fsp3) is 0. The van der Waals surface area contributed by atoms with Gasteiger partial charge in [-0.05, 0) is 72.8 Å². The van der Waals surface area contributed by atoms with Crippen molar-refractivity contribution >= 4 is 45.8 Å². The lowest BCUT2D eigenvalue weighted by Crippen LogP contribution is -2.43. The summed E-state index contributed by atoms with van der Waals surface area (Å²) in [4.78, 5) is 56.1. The summed E-state index contributed by atoms with van der Waals surface area (Å²) in [5.41, 5.74) is 2.92. The molecule has 2 aliphatic heterocycles. The van der Waals surface area contributed by atoms with Gasteiger partial charge in [0.25, 0.3) is 23.6 Å². The van der Waals surface area contributed by atoms with Gasteiger partial charge in [-0.1, -0.05) is 11.8 Å². The Labute approximate surface area is 205 Å². The highest BCUT2D eigenvalue weighted by Crippen LogP contribution is 2.40. The predicted molar refractivity (Wildman–Crippen MR) is 135 cm³/mol. The fourth-order valence-electron chi connectivity index (χ4n) is 4.76.